The van der Waals surface area contributed by atoms with Gasteiger partial charge >= 0.3 is 0 Å². The van der Waals surface area contributed by atoms with Gasteiger partial charge in [0.1, 0.15) is 12.1 Å². The number of aromatic nitrogens is 3. The van der Waals surface area contributed by atoms with Gasteiger partial charge in [-0.05, 0) is 29.3 Å². The van der Waals surface area contributed by atoms with Crippen molar-refractivity contribution in [2.24, 2.45) is 4.99 Å². The van der Waals surface area contributed by atoms with Gasteiger partial charge in [-0.3, -0.25) is 14.4 Å². The molecular formula is C22H18FN5O. The number of likely N-dealkylation sites (N-methyl/N-ethyl adjacent to an activating group) is 1. The lowest BCUT2D eigenvalue weighted by Gasteiger charge is -2.24. The van der Waals surface area contributed by atoms with Gasteiger partial charge in [0.15, 0.2) is 5.65 Å². The van der Waals surface area contributed by atoms with Crippen molar-refractivity contribution < 1.29 is 4.39 Å². The van der Waals surface area contributed by atoms with Gasteiger partial charge in [-0.15, -0.1) is 0 Å². The number of aliphatic imine (C=N–C) groups is 1. The van der Waals surface area contributed by atoms with Crippen molar-refractivity contribution in [2.75, 3.05) is 7.05 Å². The van der Waals surface area contributed by atoms with E-state index in [-0.39, 0.29) is 30.0 Å². The van der Waals surface area contributed by atoms with Crippen molar-refractivity contribution in [2.45, 2.75) is 18.6 Å². The molecule has 0 saturated heterocycles. The number of hydrogen-bond acceptors (Lipinski definition) is 5. The number of allylic oxidation sites excluding steroid dienone is 2. The Morgan fingerprint density at radius 3 is 2.97 bits per heavy atom. The quantitative estimate of drug-likeness (QED) is 0.693. The zero-order chi connectivity index (χ0) is 20.0. The summed E-state index contributed by atoms with van der Waals surface area (Å²) in [7, 11) is 1.98. The molecule has 1 aliphatic carbocycles. The number of benzene rings is 1. The Hall–Kier alpha value is -3.61. The number of hydrogen-bond donors (Lipinski definition) is 0. The lowest BCUT2D eigenvalue weighted by Crippen LogP contribution is -2.32. The molecule has 3 aromatic rings. The van der Waals surface area contributed by atoms with Crippen molar-refractivity contribution in [3.8, 4) is 0 Å². The fourth-order valence-electron chi connectivity index (χ4n) is 3.75. The average Bonchev–Trinajstić information content (AvgIpc) is 3.12. The molecule has 0 saturated carbocycles. The van der Waals surface area contributed by atoms with Crippen LogP contribution in [0.5, 0.6) is 0 Å². The van der Waals surface area contributed by atoms with Gasteiger partial charge < -0.3 is 4.90 Å². The van der Waals surface area contributed by atoms with Gasteiger partial charge in [-0.1, -0.05) is 30.4 Å². The third kappa shape index (κ3) is 3.04. The van der Waals surface area contributed by atoms with Crippen LogP contribution in [0.3, 0.4) is 0 Å². The van der Waals surface area contributed by atoms with E-state index in [2.05, 4.69) is 21.0 Å². The summed E-state index contributed by atoms with van der Waals surface area (Å²) in [6.07, 6.45) is 11.0. The van der Waals surface area contributed by atoms with E-state index >= 15 is 0 Å². The molecule has 5 rings (SSSR count). The highest BCUT2D eigenvalue weighted by Gasteiger charge is 2.27. The summed E-state index contributed by atoms with van der Waals surface area (Å²) in [5, 5.41) is 0.419. The predicted octanol–water partition coefficient (Wildman–Crippen LogP) is 2.64. The Bertz CT molecular complexity index is 1260. The molecule has 0 radical (unpaired) electrons. The third-order valence-electron chi connectivity index (χ3n) is 5.39. The predicted molar refractivity (Wildman–Crippen MR) is 110 cm³/mol. The molecule has 2 aromatic heterocycles. The van der Waals surface area contributed by atoms with Gasteiger partial charge in [-0.2, -0.15) is 0 Å². The van der Waals surface area contributed by atoms with Crippen LogP contribution in [0, 0.1) is 5.82 Å². The van der Waals surface area contributed by atoms with Crippen molar-refractivity contribution in [3.63, 3.8) is 0 Å². The first-order valence-corrected chi connectivity index (χ1v) is 9.34. The first-order valence-electron chi connectivity index (χ1n) is 9.34. The Balaban J connectivity index is 1.44. The SMILES string of the molecule is CN1C=NC2C=CC(c3ccc(Cn4cnc5ncccc5c4=O)c(F)c3)=CC21. The molecule has 0 fully saturated rings. The molecule has 2 aliphatic rings. The molecule has 3 heterocycles. The maximum absolute atomic E-state index is 14.8. The van der Waals surface area contributed by atoms with Crippen LogP contribution in [-0.2, 0) is 6.54 Å². The highest BCUT2D eigenvalue weighted by Crippen LogP contribution is 2.28. The van der Waals surface area contributed by atoms with Crippen LogP contribution >= 0.6 is 0 Å². The molecule has 6 nitrogen and oxygen atoms in total. The summed E-state index contributed by atoms with van der Waals surface area (Å²) in [4.78, 5) is 27.4. The minimum Gasteiger partial charge on any atom is -0.357 e. The largest absolute Gasteiger partial charge is 0.357 e. The van der Waals surface area contributed by atoms with Crippen LogP contribution in [0.15, 0.2) is 70.9 Å². The fourth-order valence-corrected chi connectivity index (χ4v) is 3.75. The molecule has 144 valence electrons. The van der Waals surface area contributed by atoms with Gasteiger partial charge in [0.2, 0.25) is 0 Å². The Labute approximate surface area is 166 Å². The first kappa shape index (κ1) is 17.5. The highest BCUT2D eigenvalue weighted by molar-refractivity contribution is 5.78. The monoisotopic (exact) mass is 387 g/mol. The van der Waals surface area contributed by atoms with Crippen molar-refractivity contribution in [1.82, 2.24) is 19.4 Å². The Kier molecular flexibility index (Phi) is 4.08. The van der Waals surface area contributed by atoms with Gasteiger partial charge in [0.25, 0.3) is 5.56 Å². The van der Waals surface area contributed by atoms with Gasteiger partial charge in [0.05, 0.1) is 30.4 Å². The standard InChI is InChI=1S/C22H18FN5O/c1-27-12-25-19-7-6-15(10-20(19)27)14-4-5-16(18(23)9-14)11-28-13-26-21-17(22(28)29)3-2-8-24-21/h2-10,12-13,19-20H,11H2,1H3. The minimum atomic E-state index is -0.354. The van der Waals surface area contributed by atoms with E-state index in [1.807, 2.05) is 36.5 Å². The number of nitrogens with zero attached hydrogens (tertiary/aromatic N) is 5. The highest BCUT2D eigenvalue weighted by atomic mass is 19.1. The van der Waals surface area contributed by atoms with Crippen LogP contribution in [0.2, 0.25) is 0 Å². The van der Waals surface area contributed by atoms with E-state index in [0.717, 1.165) is 11.1 Å². The number of rotatable bonds is 3. The van der Waals surface area contributed by atoms with Crippen molar-refractivity contribution in [1.29, 1.82) is 0 Å². The molecule has 1 aliphatic heterocycles. The van der Waals surface area contributed by atoms with Gasteiger partial charge in [-0.25, -0.2) is 14.4 Å². The van der Waals surface area contributed by atoms with Crippen LogP contribution in [0.4, 0.5) is 4.39 Å². The number of fused-ring (bicyclic) bond motifs is 2. The van der Waals surface area contributed by atoms with Gasteiger partial charge in [0, 0.05) is 18.8 Å². The van der Waals surface area contributed by atoms with E-state index in [9.17, 15) is 9.18 Å². The second-order valence-corrected chi connectivity index (χ2v) is 7.25. The summed E-state index contributed by atoms with van der Waals surface area (Å²) < 4.78 is 16.2. The smallest absolute Gasteiger partial charge is 0.263 e. The molecule has 7 heteroatoms. The Morgan fingerprint density at radius 2 is 2.10 bits per heavy atom. The average molecular weight is 387 g/mol. The maximum atomic E-state index is 14.8. The van der Waals surface area contributed by atoms with Crippen LogP contribution in [0.1, 0.15) is 11.1 Å². The number of pyridine rings is 1. The van der Waals surface area contributed by atoms with Crippen molar-refractivity contribution >= 4 is 22.9 Å². The maximum Gasteiger partial charge on any atom is 0.263 e. The molecule has 2 unspecified atom stereocenters. The molecule has 0 amide bonds. The second-order valence-electron chi connectivity index (χ2n) is 7.25. The minimum absolute atomic E-state index is 0.110. The van der Waals surface area contributed by atoms with Crippen LogP contribution in [0.25, 0.3) is 16.6 Å². The lowest BCUT2D eigenvalue weighted by atomic mass is 9.93. The van der Waals surface area contributed by atoms with E-state index in [0.29, 0.717) is 16.6 Å². The van der Waals surface area contributed by atoms with Crippen molar-refractivity contribution in [3.05, 3.63) is 88.4 Å². The summed E-state index contributed by atoms with van der Waals surface area (Å²) in [6.45, 7) is 0.110. The van der Waals surface area contributed by atoms with E-state index in [1.165, 1.54) is 17.0 Å². The normalized spacial score (nSPS) is 20.2. The summed E-state index contributed by atoms with van der Waals surface area (Å²) in [5.41, 5.74) is 2.35. The third-order valence-corrected chi connectivity index (χ3v) is 5.39. The fraction of sp³-hybridized carbons (Fsp3) is 0.182. The zero-order valence-electron chi connectivity index (χ0n) is 15.7. The molecule has 0 N–H and O–H groups in total. The van der Waals surface area contributed by atoms with E-state index in [1.54, 1.807) is 24.4 Å². The molecule has 0 spiro atoms. The van der Waals surface area contributed by atoms with E-state index in [4.69, 9.17) is 0 Å². The molecule has 1 aromatic carbocycles. The zero-order valence-corrected chi connectivity index (χ0v) is 15.7. The van der Waals surface area contributed by atoms with Crippen LogP contribution < -0.4 is 5.56 Å². The topological polar surface area (TPSA) is 63.4 Å². The van der Waals surface area contributed by atoms with Crippen LogP contribution in [-0.4, -0.2) is 44.9 Å². The first-order chi connectivity index (χ1) is 14.1. The lowest BCUT2D eigenvalue weighted by molar-refractivity contribution is 0.446. The molecule has 29 heavy (non-hydrogen) atoms. The molecule has 2 atom stereocenters. The summed E-state index contributed by atoms with van der Waals surface area (Å²) in [5.74, 6) is -0.354. The number of halogens is 1. The molecule has 0 bridgehead atoms. The second kappa shape index (κ2) is 6.77. The Morgan fingerprint density at radius 1 is 1.21 bits per heavy atom. The molecular weight excluding hydrogens is 369 g/mol. The summed E-state index contributed by atoms with van der Waals surface area (Å²) in [6, 6.07) is 8.76. The summed E-state index contributed by atoms with van der Waals surface area (Å²) >= 11 is 0. The van der Waals surface area contributed by atoms with E-state index < -0.39 is 0 Å².